The van der Waals surface area contributed by atoms with Crippen LogP contribution in [-0.4, -0.2) is 56.6 Å². The van der Waals surface area contributed by atoms with Crippen molar-refractivity contribution in [2.24, 2.45) is 4.99 Å². The minimum atomic E-state index is -3.75. The van der Waals surface area contributed by atoms with Crippen LogP contribution < -0.4 is 9.54 Å². The highest BCUT2D eigenvalue weighted by Gasteiger charge is 2.22. The van der Waals surface area contributed by atoms with Crippen LogP contribution in [0.1, 0.15) is 17.3 Å². The molecule has 0 aliphatic carbocycles. The van der Waals surface area contributed by atoms with E-state index in [2.05, 4.69) is 18.2 Å². The topological polar surface area (TPSA) is 90.2 Å². The van der Waals surface area contributed by atoms with Gasteiger partial charge in [0.15, 0.2) is 4.80 Å². The van der Waals surface area contributed by atoms with Crippen molar-refractivity contribution in [3.63, 3.8) is 0 Å². The Labute approximate surface area is 209 Å². The first-order valence-electron chi connectivity index (χ1n) is 11.0. The lowest BCUT2D eigenvalue weighted by Gasteiger charge is -2.19. The Morgan fingerprint density at radius 1 is 1.14 bits per heavy atom. The highest BCUT2D eigenvalue weighted by Crippen LogP contribution is 2.23. The molecule has 3 aromatic rings. The first-order valence-corrected chi connectivity index (χ1v) is 13.3. The molecule has 8 nitrogen and oxygen atoms in total. The van der Waals surface area contributed by atoms with Crippen molar-refractivity contribution >= 4 is 37.5 Å². The lowest BCUT2D eigenvalue weighted by molar-refractivity contribution is 0.0996. The number of thiazole rings is 1. The van der Waals surface area contributed by atoms with Crippen molar-refractivity contribution in [3.05, 3.63) is 78.1 Å². The lowest BCUT2D eigenvalue weighted by Crippen LogP contribution is -2.31. The number of carbonyl (C=O) groups excluding carboxylic acids is 1. The van der Waals surface area contributed by atoms with E-state index in [4.69, 9.17) is 9.47 Å². The van der Waals surface area contributed by atoms with Gasteiger partial charge in [-0.15, -0.1) is 13.2 Å². The van der Waals surface area contributed by atoms with Gasteiger partial charge in [-0.25, -0.2) is 8.42 Å². The second-order valence-corrected chi connectivity index (χ2v) is 10.4. The number of nitrogens with zero attached hydrogens (tertiary/aromatic N) is 3. The molecular weight excluding hydrogens is 486 g/mol. The number of rotatable bonds is 12. The molecule has 0 radical (unpaired) electrons. The Balaban J connectivity index is 1.96. The Kier molecular flexibility index (Phi) is 9.16. The fourth-order valence-corrected chi connectivity index (χ4v) is 5.88. The van der Waals surface area contributed by atoms with Gasteiger partial charge in [-0.3, -0.25) is 4.79 Å². The van der Waals surface area contributed by atoms with E-state index in [0.717, 1.165) is 10.2 Å². The molecule has 0 spiro atoms. The number of carbonyl (C=O) groups is 1. The molecule has 1 heterocycles. The van der Waals surface area contributed by atoms with Crippen molar-refractivity contribution in [1.82, 2.24) is 8.87 Å². The molecule has 0 fully saturated rings. The molecule has 0 aliphatic rings. The standard InChI is InChI=1S/C25H29N3O5S2/c1-5-14-27(15-6-2)35(30,31)21-11-8-19(9-12-21)24(29)26-25-28(16-17-33-7-3)22-13-10-20(32-4)18-23(22)34-25/h5-6,8-13,18H,1-2,7,14-17H2,3-4H3. The van der Waals surface area contributed by atoms with E-state index in [1.165, 1.54) is 52.1 Å². The molecule has 0 bridgehead atoms. The molecule has 2 aromatic carbocycles. The van der Waals surface area contributed by atoms with Gasteiger partial charge < -0.3 is 14.0 Å². The molecule has 186 valence electrons. The van der Waals surface area contributed by atoms with Crippen LogP contribution in [-0.2, 0) is 21.3 Å². The van der Waals surface area contributed by atoms with Crippen LogP contribution in [0.15, 0.2) is 77.7 Å². The van der Waals surface area contributed by atoms with E-state index in [9.17, 15) is 13.2 Å². The van der Waals surface area contributed by atoms with Crippen LogP contribution in [0.4, 0.5) is 0 Å². The van der Waals surface area contributed by atoms with Crippen molar-refractivity contribution in [2.45, 2.75) is 18.4 Å². The van der Waals surface area contributed by atoms with E-state index in [1.54, 1.807) is 7.11 Å². The van der Waals surface area contributed by atoms with Gasteiger partial charge >= 0.3 is 0 Å². The summed E-state index contributed by atoms with van der Waals surface area (Å²) < 4.78 is 40.7. The highest BCUT2D eigenvalue weighted by molar-refractivity contribution is 7.89. The molecule has 0 N–H and O–H groups in total. The number of ether oxygens (including phenoxy) is 2. The number of hydrogen-bond donors (Lipinski definition) is 0. The van der Waals surface area contributed by atoms with Gasteiger partial charge in [0, 0.05) is 31.8 Å². The third-order valence-electron chi connectivity index (χ3n) is 5.15. The number of fused-ring (bicyclic) bond motifs is 1. The first kappa shape index (κ1) is 26.6. The van der Waals surface area contributed by atoms with Gasteiger partial charge in [-0.05, 0) is 49.4 Å². The maximum Gasteiger partial charge on any atom is 0.279 e. The van der Waals surface area contributed by atoms with Crippen molar-refractivity contribution in [2.75, 3.05) is 33.4 Å². The first-order chi connectivity index (χ1) is 16.8. The van der Waals surface area contributed by atoms with Crippen LogP contribution in [0.2, 0.25) is 0 Å². The summed E-state index contributed by atoms with van der Waals surface area (Å²) in [5, 5.41) is 0. The zero-order chi connectivity index (χ0) is 25.4. The van der Waals surface area contributed by atoms with Gasteiger partial charge in [0.25, 0.3) is 5.91 Å². The Morgan fingerprint density at radius 3 is 2.43 bits per heavy atom. The van der Waals surface area contributed by atoms with E-state index in [0.29, 0.717) is 30.3 Å². The summed E-state index contributed by atoms with van der Waals surface area (Å²) in [5.74, 6) is 0.249. The molecule has 3 rings (SSSR count). The van der Waals surface area contributed by atoms with Crippen molar-refractivity contribution in [3.8, 4) is 5.75 Å². The van der Waals surface area contributed by atoms with Gasteiger partial charge in [0.2, 0.25) is 10.0 Å². The van der Waals surface area contributed by atoms with Gasteiger partial charge in [-0.2, -0.15) is 9.30 Å². The van der Waals surface area contributed by atoms with Crippen molar-refractivity contribution < 1.29 is 22.7 Å². The SMILES string of the molecule is C=CCN(CC=C)S(=O)(=O)c1ccc(C(=O)N=c2sc3cc(OC)ccc3n2CCOCC)cc1. The fourth-order valence-electron chi connectivity index (χ4n) is 3.41. The average molecular weight is 516 g/mol. The summed E-state index contributed by atoms with van der Waals surface area (Å²) >= 11 is 1.38. The minimum absolute atomic E-state index is 0.0819. The average Bonchev–Trinajstić information content (AvgIpc) is 3.20. The highest BCUT2D eigenvalue weighted by atomic mass is 32.2. The molecule has 1 aromatic heterocycles. The van der Waals surface area contributed by atoms with Crippen molar-refractivity contribution in [1.29, 1.82) is 0 Å². The van der Waals surface area contributed by atoms with Crippen LogP contribution in [0, 0.1) is 0 Å². The number of amides is 1. The third-order valence-corrected chi connectivity index (χ3v) is 8.04. The largest absolute Gasteiger partial charge is 0.497 e. The summed E-state index contributed by atoms with van der Waals surface area (Å²) in [7, 11) is -2.15. The zero-order valence-electron chi connectivity index (χ0n) is 19.8. The zero-order valence-corrected chi connectivity index (χ0v) is 21.5. The molecule has 0 saturated heterocycles. The smallest absolute Gasteiger partial charge is 0.279 e. The lowest BCUT2D eigenvalue weighted by atomic mass is 10.2. The maximum atomic E-state index is 13.0. The van der Waals surface area contributed by atoms with E-state index in [-0.39, 0.29) is 23.5 Å². The molecule has 0 atom stereocenters. The number of methoxy groups -OCH3 is 1. The third kappa shape index (κ3) is 6.15. The quantitative estimate of drug-likeness (QED) is 0.270. The normalized spacial score (nSPS) is 12.3. The monoisotopic (exact) mass is 515 g/mol. The van der Waals surface area contributed by atoms with Gasteiger partial charge in [0.05, 0.1) is 28.8 Å². The fraction of sp³-hybridized carbons (Fsp3) is 0.280. The Bertz CT molecular complexity index is 1360. The second kappa shape index (κ2) is 12.1. The Morgan fingerprint density at radius 2 is 1.83 bits per heavy atom. The molecule has 0 aliphatic heterocycles. The van der Waals surface area contributed by atoms with Crippen LogP contribution in [0.3, 0.4) is 0 Å². The maximum absolute atomic E-state index is 13.0. The molecule has 0 saturated carbocycles. The van der Waals surface area contributed by atoms with Gasteiger partial charge in [-0.1, -0.05) is 23.5 Å². The van der Waals surface area contributed by atoms with E-state index in [1.807, 2.05) is 29.7 Å². The molecular formula is C25H29N3O5S2. The molecule has 0 unspecified atom stereocenters. The van der Waals surface area contributed by atoms with Crippen LogP contribution in [0.25, 0.3) is 10.2 Å². The van der Waals surface area contributed by atoms with E-state index >= 15 is 0 Å². The number of hydrogen-bond acceptors (Lipinski definition) is 6. The van der Waals surface area contributed by atoms with Gasteiger partial charge in [0.1, 0.15) is 5.75 Å². The summed E-state index contributed by atoms with van der Waals surface area (Å²) in [5.41, 5.74) is 1.21. The summed E-state index contributed by atoms with van der Waals surface area (Å²) in [4.78, 5) is 17.9. The second-order valence-electron chi connectivity index (χ2n) is 7.41. The Hall–Kier alpha value is -3.05. The molecule has 10 heteroatoms. The van der Waals surface area contributed by atoms with Crippen LogP contribution in [0.5, 0.6) is 5.75 Å². The molecule has 35 heavy (non-hydrogen) atoms. The minimum Gasteiger partial charge on any atom is -0.497 e. The summed E-state index contributed by atoms with van der Waals surface area (Å²) in [6, 6.07) is 11.5. The predicted molar refractivity (Wildman–Crippen MR) is 138 cm³/mol. The summed E-state index contributed by atoms with van der Waals surface area (Å²) in [6.07, 6.45) is 3.03. The number of sulfonamides is 1. The number of benzene rings is 2. The summed E-state index contributed by atoms with van der Waals surface area (Å²) in [6.45, 7) is 11.1. The van der Waals surface area contributed by atoms with Crippen LogP contribution >= 0.6 is 11.3 Å². The molecule has 1 amide bonds. The number of aromatic nitrogens is 1. The van der Waals surface area contributed by atoms with E-state index < -0.39 is 15.9 Å². The predicted octanol–water partition coefficient (Wildman–Crippen LogP) is 3.85.